The van der Waals surface area contributed by atoms with Gasteiger partial charge in [0.2, 0.25) is 0 Å². The standard InChI is InChI=1S/C55H53N/c1-4-35-30-36-14-13-15-37(31-35)55(36)49-21-10-7-18-43(49)46-27-24-40(34-52(46)55)56(38-22-25-44-41-16-5-8-19-47(41)53(2,3)50(44)32-38)39-23-26-45-42-17-6-9-20-48(42)54(51(45)33-39)28-11-12-29-54/h5-10,16-27,32-37H,4,11-15,28-31H2,1-3H3. The van der Waals surface area contributed by atoms with Crippen LogP contribution in [-0.4, -0.2) is 0 Å². The van der Waals surface area contributed by atoms with Gasteiger partial charge < -0.3 is 4.90 Å². The second-order valence-corrected chi connectivity index (χ2v) is 19.0. The van der Waals surface area contributed by atoms with Crippen LogP contribution in [0.15, 0.2) is 127 Å². The number of rotatable bonds is 4. The maximum atomic E-state index is 2.69. The normalized spacial score (nSPS) is 25.0. The van der Waals surface area contributed by atoms with E-state index in [1.807, 2.05) is 0 Å². The summed E-state index contributed by atoms with van der Waals surface area (Å²) in [6.07, 6.45) is 13.2. The van der Waals surface area contributed by atoms with Crippen molar-refractivity contribution in [3.8, 4) is 33.4 Å². The quantitative estimate of drug-likeness (QED) is 0.175. The van der Waals surface area contributed by atoms with Crippen molar-refractivity contribution in [3.63, 3.8) is 0 Å². The second-order valence-electron chi connectivity index (χ2n) is 19.0. The molecule has 56 heavy (non-hydrogen) atoms. The first-order chi connectivity index (χ1) is 27.4. The summed E-state index contributed by atoms with van der Waals surface area (Å²) in [5.74, 6) is 2.25. The largest absolute Gasteiger partial charge is 0.310 e. The molecule has 3 saturated carbocycles. The highest BCUT2D eigenvalue weighted by Crippen LogP contribution is 2.66. The lowest BCUT2D eigenvalue weighted by Crippen LogP contribution is -2.49. The molecule has 0 aromatic heterocycles. The fourth-order valence-corrected chi connectivity index (χ4v) is 14.0. The molecule has 1 nitrogen and oxygen atoms in total. The van der Waals surface area contributed by atoms with Crippen LogP contribution in [-0.2, 0) is 16.2 Å². The van der Waals surface area contributed by atoms with Crippen molar-refractivity contribution in [2.75, 3.05) is 4.90 Å². The molecule has 278 valence electrons. The molecule has 2 spiro atoms. The fourth-order valence-electron chi connectivity index (χ4n) is 14.0. The van der Waals surface area contributed by atoms with Gasteiger partial charge in [0.1, 0.15) is 0 Å². The Labute approximate surface area is 333 Å². The summed E-state index contributed by atoms with van der Waals surface area (Å²) >= 11 is 0. The maximum Gasteiger partial charge on any atom is 0.0465 e. The van der Waals surface area contributed by atoms with Crippen LogP contribution in [0.3, 0.4) is 0 Å². The van der Waals surface area contributed by atoms with Gasteiger partial charge in [0, 0.05) is 33.3 Å². The van der Waals surface area contributed by atoms with Crippen molar-refractivity contribution in [1.82, 2.24) is 0 Å². The van der Waals surface area contributed by atoms with E-state index in [1.165, 1.54) is 126 Å². The Kier molecular flexibility index (Phi) is 7.03. The zero-order valence-corrected chi connectivity index (χ0v) is 33.4. The second kappa shape index (κ2) is 11.8. The summed E-state index contributed by atoms with van der Waals surface area (Å²) in [4.78, 5) is 2.65. The lowest BCUT2D eigenvalue weighted by Gasteiger charge is -2.55. The van der Waals surface area contributed by atoms with E-state index in [4.69, 9.17) is 0 Å². The molecule has 0 radical (unpaired) electrons. The van der Waals surface area contributed by atoms with Gasteiger partial charge in [-0.05, 0) is 159 Å². The van der Waals surface area contributed by atoms with E-state index in [2.05, 4.69) is 153 Å². The van der Waals surface area contributed by atoms with Gasteiger partial charge in [-0.1, -0.05) is 137 Å². The minimum atomic E-state index is -0.0694. The van der Waals surface area contributed by atoms with Gasteiger partial charge in [-0.15, -0.1) is 0 Å². The third-order valence-corrected chi connectivity index (χ3v) is 16.4. The lowest BCUT2D eigenvalue weighted by atomic mass is 9.49. The molecule has 0 heterocycles. The molecule has 2 unspecified atom stereocenters. The zero-order chi connectivity index (χ0) is 37.4. The molecule has 0 saturated heterocycles. The third-order valence-electron chi connectivity index (χ3n) is 16.4. The predicted octanol–water partition coefficient (Wildman–Crippen LogP) is 14.8. The van der Waals surface area contributed by atoms with Crippen LogP contribution >= 0.6 is 0 Å². The minimum absolute atomic E-state index is 0.0694. The summed E-state index contributed by atoms with van der Waals surface area (Å²) in [5, 5.41) is 0. The Morgan fingerprint density at radius 2 is 0.946 bits per heavy atom. The van der Waals surface area contributed by atoms with E-state index in [9.17, 15) is 0 Å². The van der Waals surface area contributed by atoms with Crippen LogP contribution in [0.1, 0.15) is 118 Å². The summed E-state index contributed by atoms with van der Waals surface area (Å²) < 4.78 is 0. The van der Waals surface area contributed by atoms with Crippen molar-refractivity contribution >= 4 is 17.1 Å². The average molecular weight is 728 g/mol. The Bertz CT molecular complexity index is 2570. The Balaban J connectivity index is 1.08. The Morgan fingerprint density at radius 3 is 1.57 bits per heavy atom. The highest BCUT2D eigenvalue weighted by Gasteiger charge is 2.57. The predicted molar refractivity (Wildman–Crippen MR) is 233 cm³/mol. The lowest BCUT2D eigenvalue weighted by molar-refractivity contribution is 0.0492. The molecule has 6 aliphatic carbocycles. The van der Waals surface area contributed by atoms with Gasteiger partial charge in [0.25, 0.3) is 0 Å². The topological polar surface area (TPSA) is 3.24 Å². The van der Waals surface area contributed by atoms with Gasteiger partial charge in [-0.3, -0.25) is 0 Å². The molecule has 12 rings (SSSR count). The smallest absolute Gasteiger partial charge is 0.0465 e. The highest BCUT2D eigenvalue weighted by atomic mass is 15.1. The number of hydrogen-bond acceptors (Lipinski definition) is 1. The van der Waals surface area contributed by atoms with E-state index in [0.29, 0.717) is 11.8 Å². The molecule has 0 N–H and O–H groups in total. The van der Waals surface area contributed by atoms with E-state index in [1.54, 1.807) is 22.3 Å². The van der Waals surface area contributed by atoms with E-state index >= 15 is 0 Å². The highest BCUT2D eigenvalue weighted by molar-refractivity contribution is 5.90. The minimum Gasteiger partial charge on any atom is -0.310 e. The molecule has 2 bridgehead atoms. The number of hydrogen-bond donors (Lipinski definition) is 0. The van der Waals surface area contributed by atoms with Crippen LogP contribution in [0.2, 0.25) is 0 Å². The first-order valence-electron chi connectivity index (χ1n) is 22.0. The van der Waals surface area contributed by atoms with Crippen LogP contribution in [0.4, 0.5) is 17.1 Å². The number of fused-ring (bicyclic) bond motifs is 11. The molecule has 0 amide bonds. The molecule has 6 aliphatic rings. The summed E-state index contributed by atoms with van der Waals surface area (Å²) in [7, 11) is 0. The van der Waals surface area contributed by atoms with Gasteiger partial charge in [0.05, 0.1) is 0 Å². The Morgan fingerprint density at radius 1 is 0.482 bits per heavy atom. The van der Waals surface area contributed by atoms with Crippen molar-refractivity contribution in [2.24, 2.45) is 17.8 Å². The monoisotopic (exact) mass is 727 g/mol. The van der Waals surface area contributed by atoms with Gasteiger partial charge in [-0.2, -0.15) is 0 Å². The molecule has 0 aliphatic heterocycles. The molecular weight excluding hydrogens is 675 g/mol. The van der Waals surface area contributed by atoms with E-state index < -0.39 is 0 Å². The first kappa shape index (κ1) is 33.3. The molecule has 1 heteroatoms. The van der Waals surface area contributed by atoms with E-state index in [0.717, 1.165) is 5.92 Å². The van der Waals surface area contributed by atoms with Crippen molar-refractivity contribution in [3.05, 3.63) is 161 Å². The fraction of sp³-hybridized carbons (Fsp3) is 0.345. The average Bonchev–Trinajstić information content (AvgIpc) is 3.96. The molecular formula is C55H53N. The van der Waals surface area contributed by atoms with Crippen LogP contribution in [0.5, 0.6) is 0 Å². The van der Waals surface area contributed by atoms with Crippen molar-refractivity contribution < 1.29 is 0 Å². The summed E-state index contributed by atoms with van der Waals surface area (Å²) in [5.41, 5.74) is 21.8. The van der Waals surface area contributed by atoms with Crippen molar-refractivity contribution in [2.45, 2.75) is 101 Å². The zero-order valence-electron chi connectivity index (χ0n) is 33.4. The van der Waals surface area contributed by atoms with Crippen LogP contribution in [0, 0.1) is 17.8 Å². The third kappa shape index (κ3) is 4.22. The summed E-state index contributed by atoms with van der Waals surface area (Å²) in [6.45, 7) is 7.28. The molecule has 6 aromatic rings. The number of anilines is 3. The van der Waals surface area contributed by atoms with Gasteiger partial charge in [-0.25, -0.2) is 0 Å². The first-order valence-corrected chi connectivity index (χ1v) is 22.0. The maximum absolute atomic E-state index is 2.69. The molecule has 2 atom stereocenters. The Hall–Kier alpha value is -4.88. The number of nitrogens with zero attached hydrogens (tertiary/aromatic N) is 1. The molecule has 3 fully saturated rings. The summed E-state index contributed by atoms with van der Waals surface area (Å²) in [6, 6.07) is 50.5. The van der Waals surface area contributed by atoms with E-state index in [-0.39, 0.29) is 16.2 Å². The van der Waals surface area contributed by atoms with Gasteiger partial charge in [0.15, 0.2) is 0 Å². The van der Waals surface area contributed by atoms with Crippen LogP contribution < -0.4 is 4.90 Å². The SMILES string of the molecule is CCC1CC2CCCC(C1)C21c2ccccc2-c2ccc(N(c3ccc4c(c3)C(C)(C)c3ccccc3-4)c3ccc4c(c3)C3(CCCC3)c3ccccc3-4)cc21. The van der Waals surface area contributed by atoms with Crippen LogP contribution in [0.25, 0.3) is 33.4 Å². The molecule has 6 aromatic carbocycles. The van der Waals surface area contributed by atoms with Crippen molar-refractivity contribution in [1.29, 1.82) is 0 Å². The number of benzene rings is 6. The van der Waals surface area contributed by atoms with Gasteiger partial charge >= 0.3 is 0 Å².